The average molecular weight is 441 g/mol. The molecule has 27 heavy (non-hydrogen) atoms. The molecule has 0 saturated carbocycles. The summed E-state index contributed by atoms with van der Waals surface area (Å²) in [6.07, 6.45) is -0.843. The zero-order chi connectivity index (χ0) is 20.4. The number of halogens is 1. The standard InChI is InChI=1S/C17H21BrN4O5/c1-17(2,3)27-16(24)21-7-6-14(23)12(9-21)20-11-4-5-13(22(25)26)10(8-19)15(11)18/h4-5,12,14,20,23H,6-7,9H2,1-3H3/t12-,14+/m0/s1. The molecular formula is C17H21BrN4O5. The van der Waals surface area contributed by atoms with E-state index < -0.39 is 28.8 Å². The number of amides is 1. The number of nitrogens with zero attached hydrogens (tertiary/aromatic N) is 3. The zero-order valence-corrected chi connectivity index (χ0v) is 16.8. The van der Waals surface area contributed by atoms with Crippen molar-refractivity contribution in [3.63, 3.8) is 0 Å². The van der Waals surface area contributed by atoms with Gasteiger partial charge in [0.1, 0.15) is 17.2 Å². The molecule has 0 spiro atoms. The number of rotatable bonds is 3. The monoisotopic (exact) mass is 440 g/mol. The number of aliphatic hydroxyl groups excluding tert-OH is 1. The average Bonchev–Trinajstić information content (AvgIpc) is 2.56. The van der Waals surface area contributed by atoms with Gasteiger partial charge in [0, 0.05) is 19.2 Å². The Morgan fingerprint density at radius 3 is 2.74 bits per heavy atom. The van der Waals surface area contributed by atoms with Crippen LogP contribution >= 0.6 is 15.9 Å². The van der Waals surface area contributed by atoms with Crippen LogP contribution in [-0.2, 0) is 4.74 Å². The molecule has 1 aromatic rings. The van der Waals surface area contributed by atoms with E-state index in [9.17, 15) is 25.3 Å². The summed E-state index contributed by atoms with van der Waals surface area (Å²) in [5.41, 5.74) is -0.625. The topological polar surface area (TPSA) is 129 Å². The van der Waals surface area contributed by atoms with Gasteiger partial charge in [0.15, 0.2) is 0 Å². The summed E-state index contributed by atoms with van der Waals surface area (Å²) in [7, 11) is 0. The van der Waals surface area contributed by atoms with Crippen molar-refractivity contribution >= 4 is 33.4 Å². The number of nitro benzene ring substituents is 1. The Labute approximate surface area is 165 Å². The van der Waals surface area contributed by atoms with Crippen molar-refractivity contribution in [1.82, 2.24) is 4.90 Å². The third-order valence-corrected chi connectivity index (χ3v) is 4.82. The number of hydrogen-bond donors (Lipinski definition) is 2. The third kappa shape index (κ3) is 5.08. The van der Waals surface area contributed by atoms with E-state index in [0.29, 0.717) is 18.7 Å². The molecule has 1 amide bonds. The van der Waals surface area contributed by atoms with Crippen LogP contribution in [0, 0.1) is 21.4 Å². The summed E-state index contributed by atoms with van der Waals surface area (Å²) in [6, 6.07) is 3.98. The molecule has 146 valence electrons. The minimum absolute atomic E-state index is 0.112. The minimum Gasteiger partial charge on any atom is -0.444 e. The van der Waals surface area contributed by atoms with Crippen LogP contribution in [0.2, 0.25) is 0 Å². The van der Waals surface area contributed by atoms with Crippen molar-refractivity contribution in [2.45, 2.75) is 44.9 Å². The largest absolute Gasteiger partial charge is 0.444 e. The molecule has 2 atom stereocenters. The highest BCUT2D eigenvalue weighted by Gasteiger charge is 2.33. The molecule has 2 rings (SSSR count). The first kappa shape index (κ1) is 20.9. The summed E-state index contributed by atoms with van der Waals surface area (Å²) in [6.45, 7) is 5.88. The molecule has 1 saturated heterocycles. The lowest BCUT2D eigenvalue weighted by Gasteiger charge is -2.37. The highest BCUT2D eigenvalue weighted by Crippen LogP contribution is 2.34. The molecule has 10 heteroatoms. The Morgan fingerprint density at radius 1 is 1.52 bits per heavy atom. The molecule has 0 bridgehead atoms. The molecule has 0 aromatic heterocycles. The molecule has 0 unspecified atom stereocenters. The van der Waals surface area contributed by atoms with E-state index in [1.807, 2.05) is 6.07 Å². The highest BCUT2D eigenvalue weighted by molar-refractivity contribution is 9.10. The van der Waals surface area contributed by atoms with E-state index >= 15 is 0 Å². The van der Waals surface area contributed by atoms with Crippen LogP contribution in [0.5, 0.6) is 0 Å². The molecule has 1 aliphatic heterocycles. The smallest absolute Gasteiger partial charge is 0.410 e. The number of benzene rings is 1. The molecule has 1 aliphatic rings. The van der Waals surface area contributed by atoms with Crippen molar-refractivity contribution in [3.8, 4) is 6.07 Å². The van der Waals surface area contributed by atoms with Crippen molar-refractivity contribution in [1.29, 1.82) is 5.26 Å². The van der Waals surface area contributed by atoms with Crippen LogP contribution < -0.4 is 5.32 Å². The molecule has 9 nitrogen and oxygen atoms in total. The van der Waals surface area contributed by atoms with Crippen LogP contribution in [0.25, 0.3) is 0 Å². The van der Waals surface area contributed by atoms with E-state index in [2.05, 4.69) is 21.2 Å². The second-order valence-corrected chi connectivity index (χ2v) is 8.02. The Morgan fingerprint density at radius 2 is 2.19 bits per heavy atom. The second kappa shape index (κ2) is 8.10. The number of aliphatic hydroxyl groups is 1. The Bertz CT molecular complexity index is 787. The first-order chi connectivity index (χ1) is 12.5. The number of likely N-dealkylation sites (tertiary alicyclic amines) is 1. The van der Waals surface area contributed by atoms with Gasteiger partial charge in [0.05, 0.1) is 27.2 Å². The molecule has 0 radical (unpaired) electrons. The van der Waals surface area contributed by atoms with E-state index in [4.69, 9.17) is 4.74 Å². The summed E-state index contributed by atoms with van der Waals surface area (Å²) in [5, 5.41) is 33.6. The van der Waals surface area contributed by atoms with Gasteiger partial charge in [-0.2, -0.15) is 5.26 Å². The number of hydrogen-bond acceptors (Lipinski definition) is 7. The van der Waals surface area contributed by atoms with Gasteiger partial charge in [0.2, 0.25) is 0 Å². The van der Waals surface area contributed by atoms with Gasteiger partial charge in [-0.3, -0.25) is 10.1 Å². The van der Waals surface area contributed by atoms with Gasteiger partial charge in [0.25, 0.3) is 5.69 Å². The molecule has 2 N–H and O–H groups in total. The van der Waals surface area contributed by atoms with Crippen LogP contribution in [0.4, 0.5) is 16.2 Å². The fraction of sp³-hybridized carbons (Fsp3) is 0.529. The van der Waals surface area contributed by atoms with Gasteiger partial charge in [-0.15, -0.1) is 0 Å². The van der Waals surface area contributed by atoms with Crippen LogP contribution in [-0.4, -0.2) is 51.9 Å². The molecular weight excluding hydrogens is 420 g/mol. The van der Waals surface area contributed by atoms with Gasteiger partial charge in [-0.05, 0) is 49.2 Å². The predicted octanol–water partition coefficient (Wildman–Crippen LogP) is 3.01. The number of carbonyl (C=O) groups is 1. The quantitative estimate of drug-likeness (QED) is 0.545. The van der Waals surface area contributed by atoms with Gasteiger partial charge >= 0.3 is 6.09 Å². The fourth-order valence-electron chi connectivity index (χ4n) is 2.71. The number of nitrogens with one attached hydrogen (secondary N) is 1. The van der Waals surface area contributed by atoms with Gasteiger partial charge < -0.3 is 20.1 Å². The lowest BCUT2D eigenvalue weighted by Crippen LogP contribution is -2.53. The number of ether oxygens (including phenoxy) is 1. The molecule has 1 fully saturated rings. The Balaban J connectivity index is 2.19. The minimum atomic E-state index is -0.726. The van der Waals surface area contributed by atoms with E-state index in [1.165, 1.54) is 17.0 Å². The second-order valence-electron chi connectivity index (χ2n) is 7.22. The number of carbonyl (C=O) groups excluding carboxylic acids is 1. The van der Waals surface area contributed by atoms with E-state index in [1.54, 1.807) is 20.8 Å². The first-order valence-electron chi connectivity index (χ1n) is 8.33. The predicted molar refractivity (Wildman–Crippen MR) is 101 cm³/mol. The normalized spacial score (nSPS) is 19.9. The zero-order valence-electron chi connectivity index (χ0n) is 15.2. The number of anilines is 1. The van der Waals surface area contributed by atoms with Crippen molar-refractivity contribution in [2.75, 3.05) is 18.4 Å². The van der Waals surface area contributed by atoms with Crippen LogP contribution in [0.1, 0.15) is 32.8 Å². The lowest BCUT2D eigenvalue weighted by atomic mass is 10.0. The Kier molecular flexibility index (Phi) is 6.28. The Hall–Kier alpha value is -2.38. The lowest BCUT2D eigenvalue weighted by molar-refractivity contribution is -0.385. The van der Waals surface area contributed by atoms with Crippen molar-refractivity contribution in [2.24, 2.45) is 0 Å². The number of piperidine rings is 1. The van der Waals surface area contributed by atoms with E-state index in [0.717, 1.165) is 0 Å². The number of nitriles is 1. The summed E-state index contributed by atoms with van der Waals surface area (Å²) in [4.78, 5) is 24.2. The molecule has 0 aliphatic carbocycles. The third-order valence-electron chi connectivity index (χ3n) is 4.00. The van der Waals surface area contributed by atoms with Crippen LogP contribution in [0.3, 0.4) is 0 Å². The summed E-state index contributed by atoms with van der Waals surface area (Å²) in [5.74, 6) is 0. The summed E-state index contributed by atoms with van der Waals surface area (Å²) >= 11 is 3.21. The maximum Gasteiger partial charge on any atom is 0.410 e. The maximum absolute atomic E-state index is 12.3. The van der Waals surface area contributed by atoms with Crippen molar-refractivity contribution in [3.05, 3.63) is 32.3 Å². The SMILES string of the molecule is CC(C)(C)OC(=O)N1CC[C@@H](O)[C@@H](Nc2ccc([N+](=O)[O-])c(C#N)c2Br)C1. The fourth-order valence-corrected chi connectivity index (χ4v) is 3.25. The molecule has 1 aromatic carbocycles. The van der Waals surface area contributed by atoms with Crippen molar-refractivity contribution < 1.29 is 19.6 Å². The highest BCUT2D eigenvalue weighted by atomic mass is 79.9. The first-order valence-corrected chi connectivity index (χ1v) is 9.12. The molecule has 1 heterocycles. The summed E-state index contributed by atoms with van der Waals surface area (Å²) < 4.78 is 5.60. The number of nitro groups is 1. The maximum atomic E-state index is 12.3. The van der Waals surface area contributed by atoms with E-state index in [-0.39, 0.29) is 22.3 Å². The van der Waals surface area contributed by atoms with Gasteiger partial charge in [-0.25, -0.2) is 4.79 Å². The van der Waals surface area contributed by atoms with Gasteiger partial charge in [-0.1, -0.05) is 0 Å². The van der Waals surface area contributed by atoms with Crippen LogP contribution in [0.15, 0.2) is 16.6 Å².